The predicted octanol–water partition coefficient (Wildman–Crippen LogP) is -0.210. The van der Waals surface area contributed by atoms with E-state index < -0.39 is 6.04 Å². The Bertz CT molecular complexity index is 207. The van der Waals surface area contributed by atoms with Crippen molar-refractivity contribution < 1.29 is 14.7 Å². The Hall–Kier alpha value is -1.10. The average molecular weight is 216 g/mol. The Morgan fingerprint density at radius 1 is 1.33 bits per heavy atom. The highest BCUT2D eigenvalue weighted by molar-refractivity contribution is 5.87. The summed E-state index contributed by atoms with van der Waals surface area (Å²) in [5.74, 6) is -0.324. The molecular formula is C10H20N2O3. The molecule has 1 atom stereocenters. The molecule has 0 heterocycles. The fourth-order valence-corrected chi connectivity index (χ4v) is 1.10. The molecule has 5 nitrogen and oxygen atoms in total. The van der Waals surface area contributed by atoms with E-state index in [2.05, 4.69) is 10.6 Å². The summed E-state index contributed by atoms with van der Waals surface area (Å²) in [6.07, 6.45) is 1.61. The fraction of sp³-hybridized carbons (Fsp3) is 0.800. The molecule has 2 amide bonds. The van der Waals surface area contributed by atoms with Gasteiger partial charge in [0, 0.05) is 19.6 Å². The Morgan fingerprint density at radius 3 is 2.53 bits per heavy atom. The molecular weight excluding hydrogens is 196 g/mol. The van der Waals surface area contributed by atoms with E-state index in [1.165, 1.54) is 0 Å². The first-order valence-electron chi connectivity index (χ1n) is 5.29. The van der Waals surface area contributed by atoms with Crippen molar-refractivity contribution >= 4 is 11.8 Å². The number of hydrogen-bond donors (Lipinski definition) is 3. The van der Waals surface area contributed by atoms with Crippen molar-refractivity contribution in [3.8, 4) is 0 Å². The van der Waals surface area contributed by atoms with E-state index in [9.17, 15) is 9.59 Å². The monoisotopic (exact) mass is 216 g/mol. The van der Waals surface area contributed by atoms with Crippen LogP contribution in [0.2, 0.25) is 0 Å². The third-order valence-electron chi connectivity index (χ3n) is 1.93. The van der Waals surface area contributed by atoms with Crippen LogP contribution in [-0.4, -0.2) is 36.1 Å². The number of nitrogens with one attached hydrogen (secondary N) is 2. The molecule has 1 unspecified atom stereocenters. The van der Waals surface area contributed by atoms with Crippen molar-refractivity contribution in [3.63, 3.8) is 0 Å². The molecule has 3 N–H and O–H groups in total. The highest BCUT2D eigenvalue weighted by Crippen LogP contribution is 1.94. The van der Waals surface area contributed by atoms with Crippen molar-refractivity contribution in [2.45, 2.75) is 39.2 Å². The number of amides is 2. The first-order chi connectivity index (χ1) is 7.11. The number of likely N-dealkylation sites (N-methyl/N-ethyl adjacent to an activating group) is 1. The minimum Gasteiger partial charge on any atom is -0.396 e. The van der Waals surface area contributed by atoms with Gasteiger partial charge in [0.25, 0.3) is 0 Å². The second-order valence-corrected chi connectivity index (χ2v) is 3.36. The molecule has 0 aliphatic rings. The maximum Gasteiger partial charge on any atom is 0.242 e. The minimum atomic E-state index is -0.494. The highest BCUT2D eigenvalue weighted by atomic mass is 16.3. The van der Waals surface area contributed by atoms with Crippen molar-refractivity contribution in [1.82, 2.24) is 10.6 Å². The molecule has 0 radical (unpaired) electrons. The zero-order valence-electron chi connectivity index (χ0n) is 9.38. The van der Waals surface area contributed by atoms with Crippen LogP contribution >= 0.6 is 0 Å². The lowest BCUT2D eigenvalue weighted by Crippen LogP contribution is -2.44. The normalized spacial score (nSPS) is 11.9. The predicted molar refractivity (Wildman–Crippen MR) is 57.2 cm³/mol. The molecule has 0 saturated heterocycles. The van der Waals surface area contributed by atoms with Crippen LogP contribution in [0.25, 0.3) is 0 Å². The summed E-state index contributed by atoms with van der Waals surface area (Å²) in [7, 11) is 0. The summed E-state index contributed by atoms with van der Waals surface area (Å²) in [5.41, 5.74) is 0. The van der Waals surface area contributed by atoms with Gasteiger partial charge < -0.3 is 15.7 Å². The summed E-state index contributed by atoms with van der Waals surface area (Å²) in [5, 5.41) is 13.7. The number of rotatable bonds is 7. The molecule has 0 aliphatic carbocycles. The van der Waals surface area contributed by atoms with Gasteiger partial charge in [0.05, 0.1) is 0 Å². The second kappa shape index (κ2) is 8.23. The average Bonchev–Trinajstić information content (AvgIpc) is 2.18. The SMILES string of the molecule is CCNC(=O)C(C)NC(=O)CCCCO. The molecule has 0 rings (SSSR count). The molecule has 88 valence electrons. The van der Waals surface area contributed by atoms with E-state index in [1.807, 2.05) is 6.92 Å². The molecule has 0 aliphatic heterocycles. The molecule has 0 saturated carbocycles. The van der Waals surface area contributed by atoms with Crippen LogP contribution in [0.15, 0.2) is 0 Å². The maximum absolute atomic E-state index is 11.3. The van der Waals surface area contributed by atoms with Crippen molar-refractivity contribution in [1.29, 1.82) is 0 Å². The summed E-state index contributed by atoms with van der Waals surface area (Å²) in [6.45, 7) is 4.13. The lowest BCUT2D eigenvalue weighted by molar-refractivity contribution is -0.128. The van der Waals surface area contributed by atoms with Crippen LogP contribution < -0.4 is 10.6 Å². The molecule has 15 heavy (non-hydrogen) atoms. The van der Waals surface area contributed by atoms with Gasteiger partial charge in [-0.05, 0) is 26.7 Å². The van der Waals surface area contributed by atoms with Crippen LogP contribution in [0, 0.1) is 0 Å². The van der Waals surface area contributed by atoms with Crippen LogP contribution in [0.4, 0.5) is 0 Å². The molecule has 0 aromatic rings. The first-order valence-corrected chi connectivity index (χ1v) is 5.29. The zero-order valence-corrected chi connectivity index (χ0v) is 9.38. The molecule has 0 spiro atoms. The molecule has 0 aromatic heterocycles. The van der Waals surface area contributed by atoms with Gasteiger partial charge in [-0.1, -0.05) is 0 Å². The van der Waals surface area contributed by atoms with E-state index in [-0.39, 0.29) is 18.4 Å². The second-order valence-electron chi connectivity index (χ2n) is 3.36. The van der Waals surface area contributed by atoms with Gasteiger partial charge >= 0.3 is 0 Å². The molecule has 0 bridgehead atoms. The highest BCUT2D eigenvalue weighted by Gasteiger charge is 2.13. The smallest absolute Gasteiger partial charge is 0.242 e. The lowest BCUT2D eigenvalue weighted by atomic mass is 10.2. The molecule has 5 heteroatoms. The standard InChI is InChI=1S/C10H20N2O3/c1-3-11-10(15)8(2)12-9(14)6-4-5-7-13/h8,13H,3-7H2,1-2H3,(H,11,15)(H,12,14). The Kier molecular flexibility index (Phi) is 7.62. The topological polar surface area (TPSA) is 78.4 Å². The van der Waals surface area contributed by atoms with E-state index >= 15 is 0 Å². The number of carbonyl (C=O) groups excluding carboxylic acids is 2. The maximum atomic E-state index is 11.3. The summed E-state index contributed by atoms with van der Waals surface area (Å²) >= 11 is 0. The van der Waals surface area contributed by atoms with Gasteiger partial charge in [-0.25, -0.2) is 0 Å². The first kappa shape index (κ1) is 13.9. The van der Waals surface area contributed by atoms with Crippen molar-refractivity contribution in [2.75, 3.05) is 13.2 Å². The van der Waals surface area contributed by atoms with Crippen LogP contribution in [0.1, 0.15) is 33.1 Å². The third kappa shape index (κ3) is 6.90. The number of aliphatic hydroxyl groups is 1. The summed E-state index contributed by atoms with van der Waals surface area (Å²) in [4.78, 5) is 22.5. The van der Waals surface area contributed by atoms with Crippen molar-refractivity contribution in [2.24, 2.45) is 0 Å². The quantitative estimate of drug-likeness (QED) is 0.515. The third-order valence-corrected chi connectivity index (χ3v) is 1.93. The molecule has 0 fully saturated rings. The number of hydrogen-bond acceptors (Lipinski definition) is 3. The Morgan fingerprint density at radius 2 is 2.00 bits per heavy atom. The zero-order chi connectivity index (χ0) is 11.7. The summed E-state index contributed by atoms with van der Waals surface area (Å²) < 4.78 is 0. The Labute approximate surface area is 90.2 Å². The van der Waals surface area contributed by atoms with Crippen LogP contribution in [0.5, 0.6) is 0 Å². The van der Waals surface area contributed by atoms with E-state index in [1.54, 1.807) is 6.92 Å². The van der Waals surface area contributed by atoms with Crippen LogP contribution in [0.3, 0.4) is 0 Å². The van der Waals surface area contributed by atoms with Crippen molar-refractivity contribution in [3.05, 3.63) is 0 Å². The van der Waals surface area contributed by atoms with E-state index in [0.29, 0.717) is 25.8 Å². The van der Waals surface area contributed by atoms with Gasteiger partial charge in [-0.3, -0.25) is 9.59 Å². The number of carbonyl (C=O) groups is 2. The molecule has 0 aromatic carbocycles. The van der Waals surface area contributed by atoms with Gasteiger partial charge in [0.15, 0.2) is 0 Å². The van der Waals surface area contributed by atoms with Crippen LogP contribution in [-0.2, 0) is 9.59 Å². The van der Waals surface area contributed by atoms with Gasteiger partial charge in [0.1, 0.15) is 6.04 Å². The lowest BCUT2D eigenvalue weighted by Gasteiger charge is -2.12. The van der Waals surface area contributed by atoms with Gasteiger partial charge in [-0.15, -0.1) is 0 Å². The fourth-order valence-electron chi connectivity index (χ4n) is 1.10. The van der Waals surface area contributed by atoms with E-state index in [0.717, 1.165) is 0 Å². The minimum absolute atomic E-state index is 0.0964. The largest absolute Gasteiger partial charge is 0.396 e. The van der Waals surface area contributed by atoms with E-state index in [4.69, 9.17) is 5.11 Å². The number of aliphatic hydroxyl groups excluding tert-OH is 1. The number of unbranched alkanes of at least 4 members (excludes halogenated alkanes) is 1. The van der Waals surface area contributed by atoms with Gasteiger partial charge in [-0.2, -0.15) is 0 Å². The summed E-state index contributed by atoms with van der Waals surface area (Å²) in [6, 6.07) is -0.494. The Balaban J connectivity index is 3.70. The van der Waals surface area contributed by atoms with Gasteiger partial charge in [0.2, 0.25) is 11.8 Å².